The molecule has 1 aliphatic carbocycles. The zero-order valence-corrected chi connectivity index (χ0v) is 14.7. The Morgan fingerprint density at radius 2 is 1.71 bits per heavy atom. The SMILES string of the molecule is CCCOC(=O)C(C(=O)c1c(OC)cccc1OC)C1CCCC1. The summed E-state index contributed by atoms with van der Waals surface area (Å²) in [6.07, 6.45) is 4.55. The molecule has 132 valence electrons. The lowest BCUT2D eigenvalue weighted by atomic mass is 9.84. The van der Waals surface area contributed by atoms with Crippen LogP contribution < -0.4 is 9.47 Å². The van der Waals surface area contributed by atoms with Crippen molar-refractivity contribution in [3.05, 3.63) is 23.8 Å². The first kappa shape index (κ1) is 18.3. The second kappa shape index (κ2) is 8.71. The largest absolute Gasteiger partial charge is 0.496 e. The van der Waals surface area contributed by atoms with Crippen molar-refractivity contribution >= 4 is 11.8 Å². The van der Waals surface area contributed by atoms with Crippen LogP contribution in [0.25, 0.3) is 0 Å². The molecule has 0 aliphatic heterocycles. The van der Waals surface area contributed by atoms with Crippen LogP contribution in [0.15, 0.2) is 18.2 Å². The Balaban J connectivity index is 2.38. The van der Waals surface area contributed by atoms with Gasteiger partial charge in [-0.25, -0.2) is 0 Å². The minimum absolute atomic E-state index is 0.0245. The van der Waals surface area contributed by atoms with E-state index < -0.39 is 11.9 Å². The van der Waals surface area contributed by atoms with Crippen molar-refractivity contribution in [3.8, 4) is 11.5 Å². The van der Waals surface area contributed by atoms with E-state index in [1.165, 1.54) is 14.2 Å². The number of Topliss-reactive ketones (excluding diaryl/α,β-unsaturated/α-hetero) is 1. The highest BCUT2D eigenvalue weighted by Gasteiger charge is 2.40. The first-order valence-electron chi connectivity index (χ1n) is 8.55. The molecule has 1 aromatic rings. The second-order valence-electron chi connectivity index (χ2n) is 6.09. The molecule has 5 heteroatoms. The van der Waals surface area contributed by atoms with E-state index in [1.54, 1.807) is 18.2 Å². The van der Waals surface area contributed by atoms with Crippen molar-refractivity contribution in [1.29, 1.82) is 0 Å². The van der Waals surface area contributed by atoms with Gasteiger partial charge in [0, 0.05) is 0 Å². The second-order valence-corrected chi connectivity index (χ2v) is 6.09. The average molecular weight is 334 g/mol. The Kier molecular flexibility index (Phi) is 6.64. The van der Waals surface area contributed by atoms with E-state index in [0.717, 1.165) is 32.1 Å². The van der Waals surface area contributed by atoms with Crippen LogP contribution in [-0.4, -0.2) is 32.6 Å². The van der Waals surface area contributed by atoms with Crippen LogP contribution in [0.3, 0.4) is 0 Å². The fourth-order valence-electron chi connectivity index (χ4n) is 3.35. The topological polar surface area (TPSA) is 61.8 Å². The summed E-state index contributed by atoms with van der Waals surface area (Å²) in [6, 6.07) is 5.17. The van der Waals surface area contributed by atoms with Gasteiger partial charge in [-0.15, -0.1) is 0 Å². The molecular weight excluding hydrogens is 308 g/mol. The lowest BCUT2D eigenvalue weighted by Crippen LogP contribution is -2.32. The summed E-state index contributed by atoms with van der Waals surface area (Å²) in [5, 5.41) is 0. The Hall–Kier alpha value is -2.04. The first-order chi connectivity index (χ1) is 11.6. The number of carbonyl (C=O) groups excluding carboxylic acids is 2. The lowest BCUT2D eigenvalue weighted by molar-refractivity contribution is -0.148. The van der Waals surface area contributed by atoms with Gasteiger partial charge in [-0.05, 0) is 37.3 Å². The number of carbonyl (C=O) groups is 2. The van der Waals surface area contributed by atoms with Crippen LogP contribution in [0.5, 0.6) is 11.5 Å². The summed E-state index contributed by atoms with van der Waals surface area (Å²) < 4.78 is 16.0. The molecule has 1 atom stereocenters. The van der Waals surface area contributed by atoms with Crippen LogP contribution in [0.2, 0.25) is 0 Å². The third-order valence-electron chi connectivity index (χ3n) is 4.53. The third-order valence-corrected chi connectivity index (χ3v) is 4.53. The summed E-state index contributed by atoms with van der Waals surface area (Å²) in [5.41, 5.74) is 0.327. The maximum absolute atomic E-state index is 13.2. The number of rotatable bonds is 8. The highest BCUT2D eigenvalue weighted by Crippen LogP contribution is 2.38. The maximum Gasteiger partial charge on any atom is 0.317 e. The molecule has 0 spiro atoms. The summed E-state index contributed by atoms with van der Waals surface area (Å²) in [7, 11) is 3.01. The summed E-state index contributed by atoms with van der Waals surface area (Å²) in [4.78, 5) is 25.8. The number of ketones is 1. The van der Waals surface area contributed by atoms with Crippen molar-refractivity contribution in [2.45, 2.75) is 39.0 Å². The number of hydrogen-bond acceptors (Lipinski definition) is 5. The Morgan fingerprint density at radius 1 is 1.12 bits per heavy atom. The molecule has 0 saturated heterocycles. The molecular formula is C19H26O5. The molecule has 0 aromatic heterocycles. The minimum Gasteiger partial charge on any atom is -0.496 e. The van der Waals surface area contributed by atoms with E-state index in [2.05, 4.69) is 0 Å². The molecule has 0 radical (unpaired) electrons. The maximum atomic E-state index is 13.2. The molecule has 0 heterocycles. The van der Waals surface area contributed by atoms with Gasteiger partial charge in [0.1, 0.15) is 23.0 Å². The molecule has 1 aliphatic rings. The fraction of sp³-hybridized carbons (Fsp3) is 0.579. The van der Waals surface area contributed by atoms with Crippen molar-refractivity contribution in [2.75, 3.05) is 20.8 Å². The summed E-state index contributed by atoms with van der Waals surface area (Å²) in [6.45, 7) is 2.27. The number of hydrogen-bond donors (Lipinski definition) is 0. The Labute approximate surface area is 143 Å². The van der Waals surface area contributed by atoms with Crippen molar-refractivity contribution in [2.24, 2.45) is 11.8 Å². The lowest BCUT2D eigenvalue weighted by Gasteiger charge is -2.22. The quantitative estimate of drug-likeness (QED) is 0.412. The van der Waals surface area contributed by atoms with Crippen molar-refractivity contribution in [1.82, 2.24) is 0 Å². The first-order valence-corrected chi connectivity index (χ1v) is 8.55. The molecule has 1 unspecified atom stereocenters. The number of benzene rings is 1. The number of esters is 1. The summed E-state index contributed by atoms with van der Waals surface area (Å²) >= 11 is 0. The zero-order valence-electron chi connectivity index (χ0n) is 14.7. The molecule has 0 bridgehead atoms. The van der Waals surface area contributed by atoms with Gasteiger partial charge in [-0.3, -0.25) is 9.59 Å². The van der Waals surface area contributed by atoms with Crippen LogP contribution >= 0.6 is 0 Å². The van der Waals surface area contributed by atoms with Gasteiger partial charge in [0.05, 0.1) is 20.8 Å². The van der Waals surface area contributed by atoms with Crippen LogP contribution in [0.4, 0.5) is 0 Å². The highest BCUT2D eigenvalue weighted by atomic mass is 16.5. The minimum atomic E-state index is -0.788. The molecule has 1 fully saturated rings. The number of ether oxygens (including phenoxy) is 3. The number of methoxy groups -OCH3 is 2. The van der Waals surface area contributed by atoms with Crippen molar-refractivity contribution < 1.29 is 23.8 Å². The van der Waals surface area contributed by atoms with E-state index in [1.807, 2.05) is 6.92 Å². The van der Waals surface area contributed by atoms with E-state index >= 15 is 0 Å². The fourth-order valence-corrected chi connectivity index (χ4v) is 3.35. The van der Waals surface area contributed by atoms with Gasteiger partial charge in [0.25, 0.3) is 0 Å². The van der Waals surface area contributed by atoms with E-state index in [-0.39, 0.29) is 11.7 Å². The predicted molar refractivity (Wildman–Crippen MR) is 90.6 cm³/mol. The molecule has 2 rings (SSSR count). The monoisotopic (exact) mass is 334 g/mol. The van der Waals surface area contributed by atoms with Crippen LogP contribution in [0.1, 0.15) is 49.4 Å². The predicted octanol–water partition coefficient (Wildman–Crippen LogP) is 3.65. The van der Waals surface area contributed by atoms with E-state index in [0.29, 0.717) is 23.7 Å². The van der Waals surface area contributed by atoms with E-state index in [9.17, 15) is 9.59 Å². The normalized spacial score (nSPS) is 15.8. The van der Waals surface area contributed by atoms with E-state index in [4.69, 9.17) is 14.2 Å². The summed E-state index contributed by atoms with van der Waals surface area (Å²) in [5.74, 6) is -0.615. The van der Waals surface area contributed by atoms with Gasteiger partial charge >= 0.3 is 5.97 Å². The molecule has 5 nitrogen and oxygen atoms in total. The van der Waals surface area contributed by atoms with Crippen molar-refractivity contribution in [3.63, 3.8) is 0 Å². The highest BCUT2D eigenvalue weighted by molar-refractivity contribution is 6.12. The Morgan fingerprint density at radius 3 is 2.21 bits per heavy atom. The smallest absolute Gasteiger partial charge is 0.317 e. The third kappa shape index (κ3) is 3.89. The van der Waals surface area contributed by atoms with Gasteiger partial charge in [0.2, 0.25) is 0 Å². The van der Waals surface area contributed by atoms with Crippen LogP contribution in [-0.2, 0) is 9.53 Å². The Bertz CT molecular complexity index is 553. The van der Waals surface area contributed by atoms with Gasteiger partial charge < -0.3 is 14.2 Å². The molecule has 24 heavy (non-hydrogen) atoms. The molecule has 1 aromatic carbocycles. The molecule has 1 saturated carbocycles. The standard InChI is InChI=1S/C19H26O5/c1-4-12-24-19(21)16(13-8-5-6-9-13)18(20)17-14(22-2)10-7-11-15(17)23-3/h7,10-11,13,16H,4-6,8-9,12H2,1-3H3. The van der Waals surface area contributed by atoms with Gasteiger partial charge in [-0.1, -0.05) is 25.8 Å². The van der Waals surface area contributed by atoms with Crippen LogP contribution in [0, 0.1) is 11.8 Å². The molecule has 0 N–H and O–H groups in total. The van der Waals surface area contributed by atoms with Gasteiger partial charge in [-0.2, -0.15) is 0 Å². The zero-order chi connectivity index (χ0) is 17.5. The van der Waals surface area contributed by atoms with Gasteiger partial charge in [0.15, 0.2) is 5.78 Å². The average Bonchev–Trinajstić information content (AvgIpc) is 3.13. The molecule has 0 amide bonds.